The summed E-state index contributed by atoms with van der Waals surface area (Å²) in [5.74, 6) is 0.606. The van der Waals surface area contributed by atoms with Gasteiger partial charge in [0.15, 0.2) is 0 Å². The summed E-state index contributed by atoms with van der Waals surface area (Å²) in [5.41, 5.74) is 2.14. The van der Waals surface area contributed by atoms with Crippen molar-refractivity contribution in [2.45, 2.75) is 24.8 Å². The summed E-state index contributed by atoms with van der Waals surface area (Å²) in [6.45, 7) is 3.75. The third-order valence-corrected chi connectivity index (χ3v) is 6.72. The second-order valence-corrected chi connectivity index (χ2v) is 8.65. The number of anilines is 1. The number of non-ortho nitro benzene ring substituents is 1. The van der Waals surface area contributed by atoms with Gasteiger partial charge in [-0.05, 0) is 55.8 Å². The number of hydrogen-bond donors (Lipinski definition) is 0. The van der Waals surface area contributed by atoms with Crippen LogP contribution in [0.25, 0.3) is 0 Å². The first-order chi connectivity index (χ1) is 14.2. The van der Waals surface area contributed by atoms with Gasteiger partial charge in [-0.1, -0.05) is 29.8 Å². The largest absolute Gasteiger partial charge is 0.497 e. The predicted octanol–water partition coefficient (Wildman–Crippen LogP) is 4.87. The summed E-state index contributed by atoms with van der Waals surface area (Å²) in [5, 5.41) is 10.9. The molecule has 0 aromatic heterocycles. The molecule has 3 aromatic carbocycles. The third-order valence-electron chi connectivity index (χ3n) is 4.81. The molecular weight excluding hydrogens is 404 g/mol. The van der Waals surface area contributed by atoms with Crippen LogP contribution in [0.4, 0.5) is 11.4 Å². The van der Waals surface area contributed by atoms with E-state index >= 15 is 0 Å². The number of rotatable bonds is 7. The van der Waals surface area contributed by atoms with E-state index in [2.05, 4.69) is 0 Å². The van der Waals surface area contributed by atoms with Crippen LogP contribution in [0.1, 0.15) is 24.1 Å². The van der Waals surface area contributed by atoms with Crippen molar-refractivity contribution in [2.24, 2.45) is 0 Å². The standard InChI is InChI=1S/C22H22N2O5S/c1-16-5-4-6-18(15-16)17(2)23(19-7-11-21(29-3)12-8-19)30(27,28)22-13-9-20(10-14-22)24(25)26/h4-15,17H,1-3H3. The van der Waals surface area contributed by atoms with Crippen LogP contribution in [-0.4, -0.2) is 20.5 Å². The fraction of sp³-hybridized carbons (Fsp3) is 0.182. The maximum Gasteiger partial charge on any atom is 0.269 e. The number of hydrogen-bond acceptors (Lipinski definition) is 5. The molecule has 0 aliphatic rings. The molecule has 0 aliphatic heterocycles. The van der Waals surface area contributed by atoms with E-state index in [-0.39, 0.29) is 10.6 Å². The van der Waals surface area contributed by atoms with Crippen LogP contribution in [0.5, 0.6) is 5.75 Å². The van der Waals surface area contributed by atoms with E-state index in [0.29, 0.717) is 11.4 Å². The smallest absolute Gasteiger partial charge is 0.269 e. The molecule has 0 radical (unpaired) electrons. The van der Waals surface area contributed by atoms with Gasteiger partial charge in [0.1, 0.15) is 5.75 Å². The minimum atomic E-state index is -4.01. The molecule has 1 atom stereocenters. The molecule has 8 heteroatoms. The third kappa shape index (κ3) is 4.28. The highest BCUT2D eigenvalue weighted by Gasteiger charge is 2.31. The van der Waals surface area contributed by atoms with Gasteiger partial charge in [-0.3, -0.25) is 14.4 Å². The molecular formula is C22H22N2O5S. The van der Waals surface area contributed by atoms with Crippen molar-refractivity contribution in [1.82, 2.24) is 0 Å². The number of sulfonamides is 1. The van der Waals surface area contributed by atoms with Gasteiger partial charge in [0.25, 0.3) is 15.7 Å². The molecule has 0 N–H and O–H groups in total. The summed E-state index contributed by atoms with van der Waals surface area (Å²) in [6.07, 6.45) is 0. The lowest BCUT2D eigenvalue weighted by atomic mass is 10.1. The van der Waals surface area contributed by atoms with Crippen LogP contribution in [0.2, 0.25) is 0 Å². The highest BCUT2D eigenvalue weighted by atomic mass is 32.2. The average Bonchev–Trinajstić information content (AvgIpc) is 2.74. The lowest BCUT2D eigenvalue weighted by Gasteiger charge is -2.31. The van der Waals surface area contributed by atoms with Crippen molar-refractivity contribution < 1.29 is 18.1 Å². The van der Waals surface area contributed by atoms with E-state index in [1.807, 2.05) is 38.1 Å². The Morgan fingerprint density at radius 2 is 1.63 bits per heavy atom. The van der Waals surface area contributed by atoms with Crippen molar-refractivity contribution in [3.8, 4) is 5.75 Å². The summed E-state index contributed by atoms with van der Waals surface area (Å²) in [7, 11) is -2.47. The van der Waals surface area contributed by atoms with Gasteiger partial charge in [-0.2, -0.15) is 0 Å². The number of nitrogens with zero attached hydrogens (tertiary/aromatic N) is 2. The fourth-order valence-corrected chi connectivity index (χ4v) is 4.86. The summed E-state index contributed by atoms with van der Waals surface area (Å²) in [4.78, 5) is 10.3. The minimum absolute atomic E-state index is 0.0246. The molecule has 7 nitrogen and oxygen atoms in total. The number of aryl methyl sites for hydroxylation is 1. The first kappa shape index (κ1) is 21.3. The number of methoxy groups -OCH3 is 1. The molecule has 156 valence electrons. The monoisotopic (exact) mass is 426 g/mol. The zero-order valence-corrected chi connectivity index (χ0v) is 17.7. The highest BCUT2D eigenvalue weighted by Crippen LogP contribution is 2.34. The lowest BCUT2D eigenvalue weighted by molar-refractivity contribution is -0.384. The van der Waals surface area contributed by atoms with Crippen LogP contribution in [0.3, 0.4) is 0 Å². The normalized spacial score (nSPS) is 12.2. The van der Waals surface area contributed by atoms with Gasteiger partial charge in [0.2, 0.25) is 0 Å². The van der Waals surface area contributed by atoms with Crippen LogP contribution in [0.15, 0.2) is 77.7 Å². The molecule has 3 rings (SSSR count). The van der Waals surface area contributed by atoms with Gasteiger partial charge in [-0.15, -0.1) is 0 Å². The molecule has 3 aromatic rings. The quantitative estimate of drug-likeness (QED) is 0.397. The fourth-order valence-electron chi connectivity index (χ4n) is 3.22. The van der Waals surface area contributed by atoms with Crippen molar-refractivity contribution >= 4 is 21.4 Å². The van der Waals surface area contributed by atoms with E-state index < -0.39 is 21.0 Å². The number of nitro groups is 1. The molecule has 0 bridgehead atoms. The van der Waals surface area contributed by atoms with Gasteiger partial charge < -0.3 is 4.74 Å². The second-order valence-electron chi connectivity index (χ2n) is 6.84. The summed E-state index contributed by atoms with van der Waals surface area (Å²) >= 11 is 0. The molecule has 0 fully saturated rings. The first-order valence-corrected chi connectivity index (χ1v) is 10.7. The first-order valence-electron chi connectivity index (χ1n) is 9.23. The molecule has 0 aliphatic carbocycles. The summed E-state index contributed by atoms with van der Waals surface area (Å²) < 4.78 is 33.7. The molecule has 0 amide bonds. The topological polar surface area (TPSA) is 89.8 Å². The molecule has 1 unspecified atom stereocenters. The zero-order chi connectivity index (χ0) is 21.9. The number of ether oxygens (including phenoxy) is 1. The average molecular weight is 426 g/mol. The minimum Gasteiger partial charge on any atom is -0.497 e. The van der Waals surface area contributed by atoms with E-state index in [1.54, 1.807) is 24.3 Å². The van der Waals surface area contributed by atoms with E-state index in [9.17, 15) is 18.5 Å². The van der Waals surface area contributed by atoms with Gasteiger partial charge in [0.05, 0.1) is 28.7 Å². The Hall–Kier alpha value is -3.39. The van der Waals surface area contributed by atoms with Crippen LogP contribution >= 0.6 is 0 Å². The van der Waals surface area contributed by atoms with Crippen LogP contribution in [0, 0.1) is 17.0 Å². The Balaban J connectivity index is 2.12. The molecule has 0 heterocycles. The van der Waals surface area contributed by atoms with Crippen LogP contribution < -0.4 is 9.04 Å². The Kier molecular flexibility index (Phi) is 6.07. The van der Waals surface area contributed by atoms with Crippen molar-refractivity contribution in [3.05, 3.63) is 94.0 Å². The molecule has 0 saturated carbocycles. The van der Waals surface area contributed by atoms with Crippen molar-refractivity contribution in [1.29, 1.82) is 0 Å². The Bertz CT molecular complexity index is 1140. The second kappa shape index (κ2) is 8.54. The van der Waals surface area contributed by atoms with E-state index in [4.69, 9.17) is 4.74 Å². The maximum atomic E-state index is 13.6. The Morgan fingerprint density at radius 3 is 2.17 bits per heavy atom. The molecule has 30 heavy (non-hydrogen) atoms. The summed E-state index contributed by atoms with van der Waals surface area (Å²) in [6, 6.07) is 18.7. The van der Waals surface area contributed by atoms with Gasteiger partial charge in [0, 0.05) is 12.1 Å². The Labute approximate surface area is 175 Å². The lowest BCUT2D eigenvalue weighted by Crippen LogP contribution is -2.33. The van der Waals surface area contributed by atoms with Gasteiger partial charge in [-0.25, -0.2) is 8.42 Å². The Morgan fingerprint density at radius 1 is 1.00 bits per heavy atom. The molecule has 0 spiro atoms. The SMILES string of the molecule is COc1ccc(N(C(C)c2cccc(C)c2)S(=O)(=O)c2ccc([N+](=O)[O-])cc2)cc1. The van der Waals surface area contributed by atoms with E-state index in [1.165, 1.54) is 35.7 Å². The van der Waals surface area contributed by atoms with Crippen LogP contribution in [-0.2, 0) is 10.0 Å². The maximum absolute atomic E-state index is 13.6. The number of benzene rings is 3. The van der Waals surface area contributed by atoms with Gasteiger partial charge >= 0.3 is 0 Å². The number of nitro benzene ring substituents is 1. The van der Waals surface area contributed by atoms with Crippen molar-refractivity contribution in [3.63, 3.8) is 0 Å². The molecule has 0 saturated heterocycles. The van der Waals surface area contributed by atoms with E-state index in [0.717, 1.165) is 11.1 Å². The predicted molar refractivity (Wildman–Crippen MR) is 115 cm³/mol. The van der Waals surface area contributed by atoms with Crippen molar-refractivity contribution in [2.75, 3.05) is 11.4 Å². The highest BCUT2D eigenvalue weighted by molar-refractivity contribution is 7.92. The zero-order valence-electron chi connectivity index (χ0n) is 16.8.